The summed E-state index contributed by atoms with van der Waals surface area (Å²) in [5.74, 6) is 0.563. The molecule has 0 spiro atoms. The molecule has 138 valence electrons. The maximum atomic E-state index is 12.9. The first-order valence-electron chi connectivity index (χ1n) is 8.73. The third-order valence-electron chi connectivity index (χ3n) is 4.59. The van der Waals surface area contributed by atoms with Crippen LogP contribution in [0.3, 0.4) is 0 Å². The number of benzene rings is 1. The Hall–Kier alpha value is -2.34. The molecule has 1 fully saturated rings. The molecule has 1 unspecified atom stereocenters. The number of amides is 2. The van der Waals surface area contributed by atoms with Crippen molar-refractivity contribution in [2.45, 2.75) is 39.2 Å². The third kappa shape index (κ3) is 4.25. The lowest BCUT2D eigenvalue weighted by Gasteiger charge is -2.26. The lowest BCUT2D eigenvalue weighted by molar-refractivity contribution is -0.139. The number of carbonyl (C=O) groups is 2. The molecule has 1 N–H and O–H groups in total. The Kier molecular flexibility index (Phi) is 5.61. The molecule has 7 heteroatoms. The Morgan fingerprint density at radius 3 is 2.77 bits per heavy atom. The monoisotopic (exact) mass is 375 g/mol. The van der Waals surface area contributed by atoms with Gasteiger partial charge in [-0.2, -0.15) is 0 Å². The molecule has 1 saturated heterocycles. The number of hydrogen-bond donors (Lipinski definition) is 1. The number of carbonyl (C=O) groups excluding carboxylic acids is 2. The minimum absolute atomic E-state index is 0.00562. The third-order valence-corrected chi connectivity index (χ3v) is 4.85. The molecular formula is C19H22ClN3O3. The van der Waals surface area contributed by atoms with Crippen molar-refractivity contribution < 1.29 is 14.1 Å². The fourth-order valence-corrected chi connectivity index (χ4v) is 3.41. The van der Waals surface area contributed by atoms with Crippen molar-refractivity contribution in [2.75, 3.05) is 11.9 Å². The van der Waals surface area contributed by atoms with Gasteiger partial charge >= 0.3 is 0 Å². The van der Waals surface area contributed by atoms with Crippen LogP contribution < -0.4 is 5.32 Å². The van der Waals surface area contributed by atoms with Crippen molar-refractivity contribution in [1.82, 2.24) is 10.1 Å². The van der Waals surface area contributed by atoms with E-state index in [9.17, 15) is 9.59 Å². The highest BCUT2D eigenvalue weighted by atomic mass is 35.5. The van der Waals surface area contributed by atoms with Crippen LogP contribution in [0, 0.1) is 12.8 Å². The van der Waals surface area contributed by atoms with Gasteiger partial charge in [-0.25, -0.2) is 0 Å². The quantitative estimate of drug-likeness (QED) is 0.868. The summed E-state index contributed by atoms with van der Waals surface area (Å²) in [4.78, 5) is 27.1. The molecule has 0 bridgehead atoms. The molecule has 0 saturated carbocycles. The van der Waals surface area contributed by atoms with Crippen LogP contribution in [-0.4, -0.2) is 34.5 Å². The highest BCUT2D eigenvalue weighted by Gasteiger charge is 2.36. The van der Waals surface area contributed by atoms with Crippen LogP contribution in [0.4, 0.5) is 5.82 Å². The van der Waals surface area contributed by atoms with Gasteiger partial charge in [0.25, 0.3) is 0 Å². The first-order chi connectivity index (χ1) is 12.4. The molecule has 1 aliphatic heterocycles. The molecule has 2 heterocycles. The van der Waals surface area contributed by atoms with Gasteiger partial charge in [0, 0.05) is 23.6 Å². The standard InChI is InChI=1S/C19H22ClN3O3/c1-12(10-14-5-7-15(20)8-6-14)19(25)23-9-3-4-16(23)18(24)21-17-11-13(2)26-22-17/h5-8,11-12,16H,3-4,9-10H2,1-2H3,(H,21,22,24)/t12?,16-/m0/s1. The Morgan fingerprint density at radius 1 is 1.38 bits per heavy atom. The van der Waals surface area contributed by atoms with Gasteiger partial charge in [-0.15, -0.1) is 0 Å². The van der Waals surface area contributed by atoms with Gasteiger partial charge in [0.2, 0.25) is 11.8 Å². The first-order valence-corrected chi connectivity index (χ1v) is 9.11. The number of likely N-dealkylation sites (tertiary alicyclic amines) is 1. The van der Waals surface area contributed by atoms with Gasteiger partial charge in [-0.3, -0.25) is 9.59 Å². The number of hydrogen-bond acceptors (Lipinski definition) is 4. The Morgan fingerprint density at radius 2 is 2.12 bits per heavy atom. The predicted octanol–water partition coefficient (Wildman–Crippen LogP) is 3.44. The van der Waals surface area contributed by atoms with Crippen LogP contribution in [-0.2, 0) is 16.0 Å². The molecule has 3 rings (SSSR count). The summed E-state index contributed by atoms with van der Waals surface area (Å²) in [7, 11) is 0. The van der Waals surface area contributed by atoms with E-state index in [0.29, 0.717) is 36.0 Å². The van der Waals surface area contributed by atoms with E-state index in [1.54, 1.807) is 17.9 Å². The Balaban J connectivity index is 1.63. The van der Waals surface area contributed by atoms with Crippen molar-refractivity contribution in [1.29, 1.82) is 0 Å². The molecule has 1 aliphatic rings. The second-order valence-electron chi connectivity index (χ2n) is 6.73. The largest absolute Gasteiger partial charge is 0.360 e. The van der Waals surface area contributed by atoms with E-state index in [1.807, 2.05) is 31.2 Å². The maximum absolute atomic E-state index is 12.9. The van der Waals surface area contributed by atoms with Gasteiger partial charge < -0.3 is 14.7 Å². The molecule has 1 aromatic heterocycles. The summed E-state index contributed by atoms with van der Waals surface area (Å²) in [6, 6.07) is 8.68. The molecular weight excluding hydrogens is 354 g/mol. The number of aromatic nitrogens is 1. The van der Waals surface area contributed by atoms with Crippen LogP contribution in [0.5, 0.6) is 0 Å². The maximum Gasteiger partial charge on any atom is 0.248 e. The normalized spacial score (nSPS) is 18.0. The van der Waals surface area contributed by atoms with Crippen molar-refractivity contribution in [2.24, 2.45) is 5.92 Å². The van der Waals surface area contributed by atoms with Crippen LogP contribution in [0.1, 0.15) is 31.1 Å². The van der Waals surface area contributed by atoms with Gasteiger partial charge in [-0.1, -0.05) is 35.8 Å². The number of nitrogens with one attached hydrogen (secondary N) is 1. The van der Waals surface area contributed by atoms with Crippen LogP contribution in [0.15, 0.2) is 34.9 Å². The number of nitrogens with zero attached hydrogens (tertiary/aromatic N) is 2. The van der Waals surface area contributed by atoms with E-state index < -0.39 is 6.04 Å². The zero-order valence-corrected chi connectivity index (χ0v) is 15.6. The fraction of sp³-hybridized carbons (Fsp3) is 0.421. The van der Waals surface area contributed by atoms with Gasteiger partial charge in [-0.05, 0) is 43.9 Å². The summed E-state index contributed by atoms with van der Waals surface area (Å²) >= 11 is 5.90. The summed E-state index contributed by atoms with van der Waals surface area (Å²) in [6.45, 7) is 4.25. The molecule has 6 nitrogen and oxygen atoms in total. The van der Waals surface area contributed by atoms with Crippen molar-refractivity contribution in [3.8, 4) is 0 Å². The number of anilines is 1. The van der Waals surface area contributed by atoms with Gasteiger partial charge in [0.1, 0.15) is 11.8 Å². The molecule has 2 aromatic rings. The SMILES string of the molecule is Cc1cc(NC(=O)[C@@H]2CCCN2C(=O)C(C)Cc2ccc(Cl)cc2)no1. The average molecular weight is 376 g/mol. The van der Waals surface area contributed by atoms with Crippen LogP contribution in [0.2, 0.25) is 5.02 Å². The van der Waals surface area contributed by atoms with Crippen LogP contribution in [0.25, 0.3) is 0 Å². The van der Waals surface area contributed by atoms with Crippen LogP contribution >= 0.6 is 11.6 Å². The van der Waals surface area contributed by atoms with E-state index in [4.69, 9.17) is 16.1 Å². The fourth-order valence-electron chi connectivity index (χ4n) is 3.28. The van der Waals surface area contributed by atoms with Crippen molar-refractivity contribution >= 4 is 29.2 Å². The summed E-state index contributed by atoms with van der Waals surface area (Å²) < 4.78 is 4.96. The molecule has 0 radical (unpaired) electrons. The molecule has 2 atom stereocenters. The summed E-state index contributed by atoms with van der Waals surface area (Å²) in [5, 5.41) is 7.18. The van der Waals surface area contributed by atoms with E-state index in [1.165, 1.54) is 0 Å². The van der Waals surface area contributed by atoms with E-state index in [2.05, 4.69) is 10.5 Å². The zero-order valence-electron chi connectivity index (χ0n) is 14.9. The molecule has 26 heavy (non-hydrogen) atoms. The average Bonchev–Trinajstić information content (AvgIpc) is 3.25. The topological polar surface area (TPSA) is 75.4 Å². The molecule has 2 amide bonds. The van der Waals surface area contributed by atoms with Gasteiger partial charge in [0.15, 0.2) is 5.82 Å². The summed E-state index contributed by atoms with van der Waals surface area (Å²) in [6.07, 6.45) is 2.08. The molecule has 0 aliphatic carbocycles. The minimum atomic E-state index is -0.466. The van der Waals surface area contributed by atoms with Crippen molar-refractivity contribution in [3.05, 3.63) is 46.7 Å². The lowest BCUT2D eigenvalue weighted by Crippen LogP contribution is -2.45. The highest BCUT2D eigenvalue weighted by Crippen LogP contribution is 2.23. The van der Waals surface area contributed by atoms with E-state index >= 15 is 0 Å². The van der Waals surface area contributed by atoms with E-state index in [-0.39, 0.29) is 17.7 Å². The second-order valence-corrected chi connectivity index (χ2v) is 7.17. The number of halogens is 1. The molecule has 1 aromatic carbocycles. The minimum Gasteiger partial charge on any atom is -0.360 e. The summed E-state index contributed by atoms with van der Waals surface area (Å²) in [5.41, 5.74) is 1.05. The van der Waals surface area contributed by atoms with E-state index in [0.717, 1.165) is 12.0 Å². The van der Waals surface area contributed by atoms with Crippen molar-refractivity contribution in [3.63, 3.8) is 0 Å². The number of aryl methyl sites for hydroxylation is 1. The van der Waals surface area contributed by atoms with Gasteiger partial charge in [0.05, 0.1) is 0 Å². The second kappa shape index (κ2) is 7.91. The lowest BCUT2D eigenvalue weighted by atomic mass is 9.99. The predicted molar refractivity (Wildman–Crippen MR) is 98.9 cm³/mol. The Bertz CT molecular complexity index is 788. The first kappa shape index (κ1) is 18.5. The number of rotatable bonds is 5. The zero-order chi connectivity index (χ0) is 18.7. The smallest absolute Gasteiger partial charge is 0.248 e. The Labute approximate surface area is 157 Å². The highest BCUT2D eigenvalue weighted by molar-refractivity contribution is 6.30.